The van der Waals surface area contributed by atoms with E-state index in [1.807, 2.05) is 18.2 Å². The smallest absolute Gasteiger partial charge is 0.227 e. The van der Waals surface area contributed by atoms with Crippen LogP contribution in [0.1, 0.15) is 6.42 Å². The number of carbonyl (C=O) groups excluding carboxylic acids is 1. The molecule has 1 atom stereocenters. The topological polar surface area (TPSA) is 55.6 Å². The highest BCUT2D eigenvalue weighted by Crippen LogP contribution is 2.32. The van der Waals surface area contributed by atoms with Crippen molar-refractivity contribution in [1.29, 1.82) is 0 Å². The molecule has 2 N–H and O–H groups in total. The number of halogens is 1. The number of nitrogens with two attached hydrogens (primary N) is 1. The summed E-state index contributed by atoms with van der Waals surface area (Å²) < 4.78 is 6.01. The molecule has 0 spiro atoms. The van der Waals surface area contributed by atoms with Crippen LogP contribution in [0, 0.1) is 5.92 Å². The summed E-state index contributed by atoms with van der Waals surface area (Å²) in [5.41, 5.74) is 6.49. The van der Waals surface area contributed by atoms with Gasteiger partial charge in [-0.25, -0.2) is 0 Å². The fourth-order valence-electron chi connectivity index (χ4n) is 2.01. The molecule has 0 saturated carbocycles. The number of ether oxygens (including phenoxy) is 1. The Kier molecular flexibility index (Phi) is 3.69. The molecule has 17 heavy (non-hydrogen) atoms. The number of methoxy groups -OCH3 is 1. The third-order valence-corrected chi connectivity index (χ3v) is 3.61. The van der Waals surface area contributed by atoms with Gasteiger partial charge < -0.3 is 15.4 Å². The second kappa shape index (κ2) is 5.06. The third-order valence-electron chi connectivity index (χ3n) is 2.99. The van der Waals surface area contributed by atoms with Gasteiger partial charge in [-0.1, -0.05) is 0 Å². The molecule has 1 aliphatic rings. The van der Waals surface area contributed by atoms with E-state index in [1.165, 1.54) is 0 Å². The SMILES string of the molecule is COc1ccc(N2CC(CN)CC2=O)cc1Br. The zero-order chi connectivity index (χ0) is 12.4. The van der Waals surface area contributed by atoms with E-state index in [0.29, 0.717) is 19.5 Å². The first kappa shape index (κ1) is 12.4. The molecule has 1 fully saturated rings. The zero-order valence-corrected chi connectivity index (χ0v) is 11.2. The van der Waals surface area contributed by atoms with Gasteiger partial charge in [-0.2, -0.15) is 0 Å². The van der Waals surface area contributed by atoms with Crippen LogP contribution in [0.15, 0.2) is 22.7 Å². The molecule has 0 aliphatic carbocycles. The van der Waals surface area contributed by atoms with Crippen molar-refractivity contribution in [3.63, 3.8) is 0 Å². The Morgan fingerprint density at radius 3 is 2.88 bits per heavy atom. The summed E-state index contributed by atoms with van der Waals surface area (Å²) in [5.74, 6) is 1.16. The Morgan fingerprint density at radius 2 is 2.35 bits per heavy atom. The molecule has 2 rings (SSSR count). The van der Waals surface area contributed by atoms with Crippen molar-refractivity contribution in [1.82, 2.24) is 0 Å². The van der Waals surface area contributed by atoms with E-state index < -0.39 is 0 Å². The highest BCUT2D eigenvalue weighted by molar-refractivity contribution is 9.10. The number of anilines is 1. The summed E-state index contributed by atoms with van der Waals surface area (Å²) in [7, 11) is 1.62. The fraction of sp³-hybridized carbons (Fsp3) is 0.417. The van der Waals surface area contributed by atoms with Crippen LogP contribution in [0.3, 0.4) is 0 Å². The fourth-order valence-corrected chi connectivity index (χ4v) is 2.54. The number of benzene rings is 1. The molecule has 0 aromatic heterocycles. The van der Waals surface area contributed by atoms with Crippen LogP contribution < -0.4 is 15.4 Å². The van der Waals surface area contributed by atoms with E-state index >= 15 is 0 Å². The Balaban J connectivity index is 2.23. The summed E-state index contributed by atoms with van der Waals surface area (Å²) in [6.45, 7) is 1.26. The van der Waals surface area contributed by atoms with Gasteiger partial charge >= 0.3 is 0 Å². The van der Waals surface area contributed by atoms with E-state index in [2.05, 4.69) is 15.9 Å². The summed E-state index contributed by atoms with van der Waals surface area (Å²) in [4.78, 5) is 13.6. The Bertz CT molecular complexity index is 437. The molecule has 92 valence electrons. The lowest BCUT2D eigenvalue weighted by atomic mass is 10.1. The summed E-state index contributed by atoms with van der Waals surface area (Å²) in [6, 6.07) is 5.64. The molecule has 0 radical (unpaired) electrons. The first-order chi connectivity index (χ1) is 8.15. The molecular formula is C12H15BrN2O2. The van der Waals surface area contributed by atoms with Gasteiger partial charge in [0.1, 0.15) is 5.75 Å². The molecule has 1 heterocycles. The maximum absolute atomic E-state index is 11.8. The molecule has 1 aromatic carbocycles. The zero-order valence-electron chi connectivity index (χ0n) is 9.65. The lowest BCUT2D eigenvalue weighted by Gasteiger charge is -2.17. The first-order valence-electron chi connectivity index (χ1n) is 5.49. The van der Waals surface area contributed by atoms with Gasteiger partial charge in [-0.05, 0) is 46.6 Å². The van der Waals surface area contributed by atoms with E-state index in [0.717, 1.165) is 15.9 Å². The van der Waals surface area contributed by atoms with Crippen molar-refractivity contribution in [3.05, 3.63) is 22.7 Å². The normalized spacial score (nSPS) is 19.8. The van der Waals surface area contributed by atoms with Crippen molar-refractivity contribution in [2.24, 2.45) is 11.7 Å². The highest BCUT2D eigenvalue weighted by Gasteiger charge is 2.29. The van der Waals surface area contributed by atoms with Gasteiger partial charge in [0, 0.05) is 18.7 Å². The quantitative estimate of drug-likeness (QED) is 0.925. The molecule has 1 saturated heterocycles. The van der Waals surface area contributed by atoms with E-state index in [-0.39, 0.29) is 11.8 Å². The first-order valence-corrected chi connectivity index (χ1v) is 6.29. The molecule has 5 heteroatoms. The van der Waals surface area contributed by atoms with Gasteiger partial charge in [0.05, 0.1) is 11.6 Å². The lowest BCUT2D eigenvalue weighted by Crippen LogP contribution is -2.25. The van der Waals surface area contributed by atoms with Crippen molar-refractivity contribution < 1.29 is 9.53 Å². The van der Waals surface area contributed by atoms with Crippen LogP contribution in [0.4, 0.5) is 5.69 Å². The van der Waals surface area contributed by atoms with Gasteiger partial charge in [-0.3, -0.25) is 4.79 Å². The van der Waals surface area contributed by atoms with E-state index in [1.54, 1.807) is 12.0 Å². The standard InChI is InChI=1S/C12H15BrN2O2/c1-17-11-3-2-9(5-10(11)13)15-7-8(6-14)4-12(15)16/h2-3,5,8H,4,6-7,14H2,1H3. The molecule has 4 nitrogen and oxygen atoms in total. The molecule has 1 aromatic rings. The number of amides is 1. The van der Waals surface area contributed by atoms with Crippen LogP contribution in [-0.2, 0) is 4.79 Å². The van der Waals surface area contributed by atoms with Crippen molar-refractivity contribution >= 4 is 27.5 Å². The Morgan fingerprint density at radius 1 is 1.59 bits per heavy atom. The van der Waals surface area contributed by atoms with Crippen molar-refractivity contribution in [3.8, 4) is 5.75 Å². The summed E-state index contributed by atoms with van der Waals surface area (Å²) in [6.07, 6.45) is 0.542. The molecular weight excluding hydrogens is 284 g/mol. The monoisotopic (exact) mass is 298 g/mol. The minimum atomic E-state index is 0.137. The molecule has 1 aliphatic heterocycles. The van der Waals surface area contributed by atoms with Crippen molar-refractivity contribution in [2.75, 3.05) is 25.1 Å². The average Bonchev–Trinajstić information content (AvgIpc) is 2.70. The van der Waals surface area contributed by atoms with Crippen LogP contribution in [0.2, 0.25) is 0 Å². The summed E-state index contributed by atoms with van der Waals surface area (Å²) in [5, 5.41) is 0. The number of rotatable bonds is 3. The second-order valence-electron chi connectivity index (χ2n) is 4.13. The molecule has 1 unspecified atom stereocenters. The number of hydrogen-bond donors (Lipinski definition) is 1. The lowest BCUT2D eigenvalue weighted by molar-refractivity contribution is -0.117. The average molecular weight is 299 g/mol. The van der Waals surface area contributed by atoms with E-state index in [9.17, 15) is 4.79 Å². The second-order valence-corrected chi connectivity index (χ2v) is 4.98. The minimum absolute atomic E-state index is 0.137. The van der Waals surface area contributed by atoms with Gasteiger partial charge in [0.2, 0.25) is 5.91 Å². The number of carbonyl (C=O) groups is 1. The predicted octanol–water partition coefficient (Wildman–Crippen LogP) is 1.77. The highest BCUT2D eigenvalue weighted by atomic mass is 79.9. The summed E-state index contributed by atoms with van der Waals surface area (Å²) >= 11 is 3.42. The van der Waals surface area contributed by atoms with E-state index in [4.69, 9.17) is 10.5 Å². The Hall–Kier alpha value is -1.07. The predicted molar refractivity (Wildman–Crippen MR) is 70.2 cm³/mol. The molecule has 0 bridgehead atoms. The largest absolute Gasteiger partial charge is 0.496 e. The van der Waals surface area contributed by atoms with Crippen LogP contribution >= 0.6 is 15.9 Å². The van der Waals surface area contributed by atoms with Crippen LogP contribution in [-0.4, -0.2) is 26.1 Å². The number of hydrogen-bond acceptors (Lipinski definition) is 3. The maximum atomic E-state index is 11.8. The minimum Gasteiger partial charge on any atom is -0.496 e. The van der Waals surface area contributed by atoms with Crippen LogP contribution in [0.25, 0.3) is 0 Å². The van der Waals surface area contributed by atoms with Gasteiger partial charge in [-0.15, -0.1) is 0 Å². The van der Waals surface area contributed by atoms with Crippen LogP contribution in [0.5, 0.6) is 5.75 Å². The van der Waals surface area contributed by atoms with Gasteiger partial charge in [0.25, 0.3) is 0 Å². The number of nitrogens with zero attached hydrogens (tertiary/aromatic N) is 1. The Labute approximate surface area is 109 Å². The molecule has 1 amide bonds. The third kappa shape index (κ3) is 2.45. The van der Waals surface area contributed by atoms with Crippen molar-refractivity contribution in [2.45, 2.75) is 6.42 Å². The van der Waals surface area contributed by atoms with Gasteiger partial charge in [0.15, 0.2) is 0 Å². The maximum Gasteiger partial charge on any atom is 0.227 e.